The summed E-state index contributed by atoms with van der Waals surface area (Å²) in [7, 11) is 0. The maximum atomic E-state index is 2.36. The Hall–Kier alpha value is -6.94. The van der Waals surface area contributed by atoms with Crippen LogP contribution in [0.5, 0.6) is 0 Å². The van der Waals surface area contributed by atoms with Gasteiger partial charge >= 0.3 is 0 Å². The first-order valence-corrected chi connectivity index (χ1v) is 19.5. The number of thiophene rings is 1. The van der Waals surface area contributed by atoms with Crippen LogP contribution in [0, 0.1) is 0 Å². The van der Waals surface area contributed by atoms with Gasteiger partial charge in [-0.3, -0.25) is 0 Å². The van der Waals surface area contributed by atoms with Crippen LogP contribution in [0.3, 0.4) is 0 Å². The van der Waals surface area contributed by atoms with Crippen LogP contribution in [0.1, 0.15) is 0 Å². The molecule has 10 aromatic rings. The molecule has 3 heteroatoms. The van der Waals surface area contributed by atoms with Gasteiger partial charge in [0.05, 0.1) is 0 Å². The Labute approximate surface area is 325 Å². The number of rotatable bonds is 8. The lowest BCUT2D eigenvalue weighted by Crippen LogP contribution is -2.09. The molecule has 55 heavy (non-hydrogen) atoms. The smallest absolute Gasteiger partial charge is 0.0468 e. The van der Waals surface area contributed by atoms with E-state index in [-0.39, 0.29) is 0 Å². The van der Waals surface area contributed by atoms with Gasteiger partial charge in [0, 0.05) is 54.3 Å². The van der Waals surface area contributed by atoms with Crippen LogP contribution in [0.15, 0.2) is 218 Å². The average molecular weight is 721 g/mol. The predicted molar refractivity (Wildman–Crippen MR) is 237 cm³/mol. The average Bonchev–Trinajstić information content (AvgIpc) is 3.63. The largest absolute Gasteiger partial charge is 0.311 e. The van der Waals surface area contributed by atoms with Gasteiger partial charge < -0.3 is 9.80 Å². The Morgan fingerprint density at radius 3 is 1.40 bits per heavy atom. The van der Waals surface area contributed by atoms with Gasteiger partial charge in [-0.15, -0.1) is 11.3 Å². The Kier molecular flexibility index (Phi) is 8.40. The maximum absolute atomic E-state index is 2.36. The molecule has 0 unspecified atom stereocenters. The van der Waals surface area contributed by atoms with Crippen molar-refractivity contribution in [2.75, 3.05) is 9.80 Å². The van der Waals surface area contributed by atoms with Crippen LogP contribution < -0.4 is 9.80 Å². The van der Waals surface area contributed by atoms with Gasteiger partial charge in [0.25, 0.3) is 0 Å². The Bertz CT molecular complexity index is 2860. The lowest BCUT2D eigenvalue weighted by molar-refractivity contribution is 1.28. The molecule has 0 bridgehead atoms. The van der Waals surface area contributed by atoms with E-state index in [1.807, 2.05) is 11.3 Å². The molecule has 0 amide bonds. The first-order chi connectivity index (χ1) is 27.3. The first kappa shape index (κ1) is 32.7. The van der Waals surface area contributed by atoms with Crippen molar-refractivity contribution in [1.29, 1.82) is 0 Å². The normalized spacial score (nSPS) is 11.3. The minimum Gasteiger partial charge on any atom is -0.311 e. The lowest BCUT2D eigenvalue weighted by atomic mass is 9.95. The second-order valence-electron chi connectivity index (χ2n) is 13.8. The summed E-state index contributed by atoms with van der Waals surface area (Å²) >= 11 is 1.85. The van der Waals surface area contributed by atoms with Crippen molar-refractivity contribution in [2.45, 2.75) is 0 Å². The molecule has 0 radical (unpaired) electrons. The highest BCUT2D eigenvalue weighted by Crippen LogP contribution is 2.42. The third-order valence-corrected chi connectivity index (χ3v) is 11.6. The van der Waals surface area contributed by atoms with Crippen LogP contribution in [0.2, 0.25) is 0 Å². The van der Waals surface area contributed by atoms with E-state index in [1.54, 1.807) is 0 Å². The van der Waals surface area contributed by atoms with E-state index < -0.39 is 0 Å². The molecule has 2 nitrogen and oxygen atoms in total. The number of para-hydroxylation sites is 3. The van der Waals surface area contributed by atoms with Gasteiger partial charge in [0.1, 0.15) is 0 Å². The van der Waals surface area contributed by atoms with Gasteiger partial charge in [-0.1, -0.05) is 127 Å². The van der Waals surface area contributed by atoms with Gasteiger partial charge in [-0.2, -0.15) is 0 Å². The molecule has 0 atom stereocenters. The van der Waals surface area contributed by atoms with Crippen molar-refractivity contribution in [3.05, 3.63) is 218 Å². The molecule has 0 aliphatic heterocycles. The van der Waals surface area contributed by atoms with E-state index in [2.05, 4.69) is 228 Å². The van der Waals surface area contributed by atoms with Crippen LogP contribution in [-0.4, -0.2) is 0 Å². The monoisotopic (exact) mass is 720 g/mol. The van der Waals surface area contributed by atoms with Crippen molar-refractivity contribution in [2.24, 2.45) is 0 Å². The molecule has 260 valence electrons. The standard InChI is InChI=1S/C52H36N2S/c1-4-14-41(15-5-1)53(42-16-6-2-7-17-42)44-28-23-37(24-29-44)39-27-33-48-40(35-39)13-12-21-47(48)38-25-30-45(31-26-38)54(43-18-8-3-9-19-43)46-32-34-52-50(36-46)49-20-10-11-22-51(49)55-52/h1-36H. The molecule has 0 saturated carbocycles. The number of benzene rings is 9. The highest BCUT2D eigenvalue weighted by Gasteiger charge is 2.16. The van der Waals surface area contributed by atoms with E-state index in [4.69, 9.17) is 0 Å². The summed E-state index contributed by atoms with van der Waals surface area (Å²) in [5, 5.41) is 5.06. The van der Waals surface area contributed by atoms with Gasteiger partial charge in [-0.25, -0.2) is 0 Å². The zero-order valence-electron chi connectivity index (χ0n) is 30.1. The molecular weight excluding hydrogens is 685 g/mol. The number of nitrogens with zero attached hydrogens (tertiary/aromatic N) is 2. The highest BCUT2D eigenvalue weighted by atomic mass is 32.1. The summed E-state index contributed by atoms with van der Waals surface area (Å²) in [5.74, 6) is 0. The fourth-order valence-corrected chi connectivity index (χ4v) is 8.87. The predicted octanol–water partition coefficient (Wildman–Crippen LogP) is 15.5. The Morgan fingerprint density at radius 2 is 0.764 bits per heavy atom. The fraction of sp³-hybridized carbons (Fsp3) is 0. The van der Waals surface area contributed by atoms with Crippen LogP contribution in [0.4, 0.5) is 34.1 Å². The maximum Gasteiger partial charge on any atom is 0.0468 e. The summed E-state index contributed by atoms with van der Waals surface area (Å²) < 4.78 is 2.63. The summed E-state index contributed by atoms with van der Waals surface area (Å²) in [4.78, 5) is 4.65. The van der Waals surface area contributed by atoms with Gasteiger partial charge in [-0.05, 0) is 124 Å². The number of anilines is 6. The van der Waals surface area contributed by atoms with Gasteiger partial charge in [0.2, 0.25) is 0 Å². The van der Waals surface area contributed by atoms with Crippen molar-refractivity contribution < 1.29 is 0 Å². The summed E-state index contributed by atoms with van der Waals surface area (Å²) in [6, 6.07) is 78.7. The first-order valence-electron chi connectivity index (χ1n) is 18.7. The van der Waals surface area contributed by atoms with E-state index >= 15 is 0 Å². The van der Waals surface area contributed by atoms with Crippen LogP contribution in [0.25, 0.3) is 53.2 Å². The molecule has 1 heterocycles. The zero-order valence-corrected chi connectivity index (χ0v) is 30.9. The molecule has 0 saturated heterocycles. The molecule has 10 rings (SSSR count). The molecule has 0 spiro atoms. The number of fused-ring (bicyclic) bond motifs is 4. The molecule has 0 fully saturated rings. The summed E-state index contributed by atoms with van der Waals surface area (Å²) in [6.45, 7) is 0. The second kappa shape index (κ2) is 14.1. The van der Waals surface area contributed by atoms with Crippen LogP contribution in [-0.2, 0) is 0 Å². The van der Waals surface area contributed by atoms with E-state index in [0.29, 0.717) is 0 Å². The summed E-state index contributed by atoms with van der Waals surface area (Å²) in [5.41, 5.74) is 11.6. The van der Waals surface area contributed by atoms with Crippen LogP contribution >= 0.6 is 11.3 Å². The van der Waals surface area contributed by atoms with E-state index in [0.717, 1.165) is 34.1 Å². The van der Waals surface area contributed by atoms with Crippen molar-refractivity contribution >= 4 is 76.4 Å². The molecule has 0 N–H and O–H groups in total. The summed E-state index contributed by atoms with van der Waals surface area (Å²) in [6.07, 6.45) is 0. The van der Waals surface area contributed by atoms with E-state index in [1.165, 1.54) is 53.2 Å². The molecule has 0 aliphatic rings. The molecule has 1 aromatic heterocycles. The SMILES string of the molecule is c1ccc(N(c2ccccc2)c2ccc(-c3ccc4c(-c5ccc(N(c6ccccc6)c6ccc7sc8ccccc8c7c6)cc5)cccc4c3)cc2)cc1. The van der Waals surface area contributed by atoms with E-state index in [9.17, 15) is 0 Å². The molecule has 0 aliphatic carbocycles. The minimum atomic E-state index is 1.12. The van der Waals surface area contributed by atoms with Crippen molar-refractivity contribution in [3.8, 4) is 22.3 Å². The topological polar surface area (TPSA) is 6.48 Å². The fourth-order valence-electron chi connectivity index (χ4n) is 7.79. The molecular formula is C52H36N2S. The molecule has 9 aromatic carbocycles. The second-order valence-corrected chi connectivity index (χ2v) is 14.9. The Morgan fingerprint density at radius 1 is 0.273 bits per heavy atom. The third kappa shape index (κ3) is 6.21. The van der Waals surface area contributed by atoms with Crippen molar-refractivity contribution in [3.63, 3.8) is 0 Å². The quantitative estimate of drug-likeness (QED) is 0.154. The van der Waals surface area contributed by atoms with Gasteiger partial charge in [0.15, 0.2) is 0 Å². The number of hydrogen-bond donors (Lipinski definition) is 0. The lowest BCUT2D eigenvalue weighted by Gasteiger charge is -2.26. The highest BCUT2D eigenvalue weighted by molar-refractivity contribution is 7.25. The van der Waals surface area contributed by atoms with Crippen molar-refractivity contribution in [1.82, 2.24) is 0 Å². The minimum absolute atomic E-state index is 1.12. The third-order valence-electron chi connectivity index (χ3n) is 10.4. The zero-order chi connectivity index (χ0) is 36.6. The number of hydrogen-bond acceptors (Lipinski definition) is 3. The Balaban J connectivity index is 0.968.